The van der Waals surface area contributed by atoms with Crippen LogP contribution in [-0.4, -0.2) is 43.1 Å². The highest BCUT2D eigenvalue weighted by molar-refractivity contribution is 5.27. The third-order valence-electron chi connectivity index (χ3n) is 3.23. The van der Waals surface area contributed by atoms with Gasteiger partial charge < -0.3 is 15.2 Å². The van der Waals surface area contributed by atoms with E-state index in [0.29, 0.717) is 13.1 Å². The molecule has 0 radical (unpaired) electrons. The van der Waals surface area contributed by atoms with Crippen LogP contribution in [0, 0.1) is 0 Å². The van der Waals surface area contributed by atoms with Crippen molar-refractivity contribution in [1.29, 1.82) is 0 Å². The van der Waals surface area contributed by atoms with E-state index in [2.05, 4.69) is 9.64 Å². The fraction of sp³-hybridized carbons (Fsp3) is 0.571. The number of benzene rings is 1. The van der Waals surface area contributed by atoms with E-state index in [1.165, 1.54) is 12.1 Å². The van der Waals surface area contributed by atoms with Gasteiger partial charge in [0.25, 0.3) is 0 Å². The summed E-state index contributed by atoms with van der Waals surface area (Å²) in [5.74, 6) is -0.207. The van der Waals surface area contributed by atoms with Gasteiger partial charge in [-0.2, -0.15) is 0 Å². The molecule has 2 unspecified atom stereocenters. The lowest BCUT2D eigenvalue weighted by Crippen LogP contribution is -2.48. The van der Waals surface area contributed by atoms with Gasteiger partial charge in [-0.15, -0.1) is 13.2 Å². The summed E-state index contributed by atoms with van der Waals surface area (Å²) in [6, 6.07) is 5.93. The second kappa shape index (κ2) is 6.64. The Morgan fingerprint density at radius 2 is 1.95 bits per heavy atom. The molecule has 0 spiro atoms. The first kappa shape index (κ1) is 16.1. The van der Waals surface area contributed by atoms with Crippen molar-refractivity contribution in [2.45, 2.75) is 32.0 Å². The fourth-order valence-electron chi connectivity index (χ4n) is 2.45. The van der Waals surface area contributed by atoms with Crippen molar-refractivity contribution in [1.82, 2.24) is 4.90 Å². The standard InChI is InChI=1S/C14H19F3N2O2/c1-10-7-19(9-13(6-18)20-10)8-11-2-4-12(5-3-11)21-14(15,16)17/h2-5,10,13H,6-9,18H2,1H3. The maximum atomic E-state index is 12.1. The largest absolute Gasteiger partial charge is 0.573 e. The van der Waals surface area contributed by atoms with Gasteiger partial charge >= 0.3 is 6.36 Å². The minimum Gasteiger partial charge on any atom is -0.406 e. The van der Waals surface area contributed by atoms with Gasteiger partial charge in [-0.3, -0.25) is 4.90 Å². The van der Waals surface area contributed by atoms with Gasteiger partial charge in [0.15, 0.2) is 0 Å². The van der Waals surface area contributed by atoms with E-state index in [1.54, 1.807) is 12.1 Å². The zero-order valence-electron chi connectivity index (χ0n) is 11.8. The van der Waals surface area contributed by atoms with Crippen LogP contribution in [0.15, 0.2) is 24.3 Å². The average molecular weight is 304 g/mol. The molecule has 1 aromatic rings. The highest BCUT2D eigenvalue weighted by atomic mass is 19.4. The van der Waals surface area contributed by atoms with Gasteiger partial charge in [-0.1, -0.05) is 12.1 Å². The molecule has 0 bridgehead atoms. The number of morpholine rings is 1. The summed E-state index contributed by atoms with van der Waals surface area (Å²) in [7, 11) is 0. The Morgan fingerprint density at radius 1 is 1.29 bits per heavy atom. The van der Waals surface area contributed by atoms with Crippen LogP contribution in [0.1, 0.15) is 12.5 Å². The van der Waals surface area contributed by atoms with Crippen molar-refractivity contribution in [3.8, 4) is 5.75 Å². The van der Waals surface area contributed by atoms with Crippen LogP contribution in [0.2, 0.25) is 0 Å². The Hall–Kier alpha value is -1.31. The Balaban J connectivity index is 1.93. The molecule has 2 rings (SSSR count). The predicted molar refractivity (Wildman–Crippen MR) is 71.8 cm³/mol. The lowest BCUT2D eigenvalue weighted by molar-refractivity contribution is -0.274. The molecule has 4 nitrogen and oxygen atoms in total. The molecule has 1 aliphatic rings. The van der Waals surface area contributed by atoms with Gasteiger partial charge in [0.1, 0.15) is 5.75 Å². The molecule has 1 aromatic carbocycles. The summed E-state index contributed by atoms with van der Waals surface area (Å²) in [5.41, 5.74) is 6.55. The third kappa shape index (κ3) is 5.18. The Morgan fingerprint density at radius 3 is 2.52 bits per heavy atom. The van der Waals surface area contributed by atoms with Crippen LogP contribution in [0.5, 0.6) is 5.75 Å². The first-order chi connectivity index (χ1) is 9.85. The topological polar surface area (TPSA) is 47.7 Å². The number of rotatable bonds is 4. The molecular formula is C14H19F3N2O2. The van der Waals surface area contributed by atoms with Gasteiger partial charge in [-0.25, -0.2) is 0 Å². The monoisotopic (exact) mass is 304 g/mol. The van der Waals surface area contributed by atoms with Crippen LogP contribution >= 0.6 is 0 Å². The minimum atomic E-state index is -4.66. The zero-order valence-corrected chi connectivity index (χ0v) is 11.8. The van der Waals surface area contributed by atoms with E-state index >= 15 is 0 Å². The Labute approximate surface area is 121 Å². The number of nitrogens with two attached hydrogens (primary N) is 1. The first-order valence-corrected chi connectivity index (χ1v) is 6.78. The highest BCUT2D eigenvalue weighted by Crippen LogP contribution is 2.23. The average Bonchev–Trinajstić information content (AvgIpc) is 2.38. The van der Waals surface area contributed by atoms with Crippen molar-refractivity contribution in [2.24, 2.45) is 5.73 Å². The van der Waals surface area contributed by atoms with E-state index in [-0.39, 0.29) is 18.0 Å². The molecule has 1 heterocycles. The van der Waals surface area contributed by atoms with Crippen molar-refractivity contribution in [2.75, 3.05) is 19.6 Å². The van der Waals surface area contributed by atoms with Gasteiger partial charge in [0, 0.05) is 26.2 Å². The van der Waals surface area contributed by atoms with Crippen LogP contribution in [0.4, 0.5) is 13.2 Å². The van der Waals surface area contributed by atoms with E-state index in [0.717, 1.165) is 18.7 Å². The van der Waals surface area contributed by atoms with Gasteiger partial charge in [-0.05, 0) is 24.6 Å². The molecule has 7 heteroatoms. The van der Waals surface area contributed by atoms with E-state index in [9.17, 15) is 13.2 Å². The number of hydrogen-bond acceptors (Lipinski definition) is 4. The Kier molecular flexibility index (Phi) is 5.08. The molecule has 118 valence electrons. The van der Waals surface area contributed by atoms with Crippen LogP contribution in [0.25, 0.3) is 0 Å². The summed E-state index contributed by atoms with van der Waals surface area (Å²) in [6.07, 6.45) is -4.56. The molecule has 2 atom stereocenters. The van der Waals surface area contributed by atoms with Crippen molar-refractivity contribution in [3.63, 3.8) is 0 Å². The van der Waals surface area contributed by atoms with Crippen molar-refractivity contribution in [3.05, 3.63) is 29.8 Å². The summed E-state index contributed by atoms with van der Waals surface area (Å²) < 4.78 is 45.8. The molecule has 1 aliphatic heterocycles. The van der Waals surface area contributed by atoms with Crippen molar-refractivity contribution < 1.29 is 22.6 Å². The lowest BCUT2D eigenvalue weighted by Gasteiger charge is -2.36. The molecule has 1 fully saturated rings. The highest BCUT2D eigenvalue weighted by Gasteiger charge is 2.31. The fourth-order valence-corrected chi connectivity index (χ4v) is 2.45. The molecule has 0 saturated carbocycles. The molecule has 2 N–H and O–H groups in total. The van der Waals surface area contributed by atoms with Gasteiger partial charge in [0.2, 0.25) is 0 Å². The normalized spacial score (nSPS) is 24.0. The van der Waals surface area contributed by atoms with Crippen LogP contribution < -0.4 is 10.5 Å². The van der Waals surface area contributed by atoms with E-state index < -0.39 is 6.36 Å². The van der Waals surface area contributed by atoms with Crippen molar-refractivity contribution >= 4 is 0 Å². The molecule has 21 heavy (non-hydrogen) atoms. The maximum Gasteiger partial charge on any atom is 0.573 e. The molecule has 0 aliphatic carbocycles. The molecule has 0 amide bonds. The zero-order chi connectivity index (χ0) is 15.5. The van der Waals surface area contributed by atoms with E-state index in [1.807, 2.05) is 6.92 Å². The van der Waals surface area contributed by atoms with E-state index in [4.69, 9.17) is 10.5 Å². The Bertz CT molecular complexity index is 451. The third-order valence-corrected chi connectivity index (χ3v) is 3.23. The van der Waals surface area contributed by atoms with Crippen LogP contribution in [-0.2, 0) is 11.3 Å². The quantitative estimate of drug-likeness (QED) is 0.926. The first-order valence-electron chi connectivity index (χ1n) is 6.78. The number of halogens is 3. The molecule has 0 aromatic heterocycles. The maximum absolute atomic E-state index is 12.1. The second-order valence-corrected chi connectivity index (χ2v) is 5.19. The predicted octanol–water partition coefficient (Wildman–Crippen LogP) is 2.13. The number of hydrogen-bond donors (Lipinski definition) is 1. The summed E-state index contributed by atoms with van der Waals surface area (Å²) in [6.45, 7) is 4.59. The second-order valence-electron chi connectivity index (χ2n) is 5.19. The number of alkyl halides is 3. The minimum absolute atomic E-state index is 0.00147. The lowest BCUT2D eigenvalue weighted by atomic mass is 10.1. The summed E-state index contributed by atoms with van der Waals surface area (Å²) in [4.78, 5) is 2.19. The number of nitrogens with zero attached hydrogens (tertiary/aromatic N) is 1. The summed E-state index contributed by atoms with van der Waals surface area (Å²) >= 11 is 0. The van der Waals surface area contributed by atoms with Crippen LogP contribution in [0.3, 0.4) is 0 Å². The van der Waals surface area contributed by atoms with Gasteiger partial charge in [0.05, 0.1) is 12.2 Å². The number of ether oxygens (including phenoxy) is 2. The smallest absolute Gasteiger partial charge is 0.406 e. The molecular weight excluding hydrogens is 285 g/mol. The SMILES string of the molecule is CC1CN(Cc2ccc(OC(F)(F)F)cc2)CC(CN)O1. The molecule has 1 saturated heterocycles. The summed E-state index contributed by atoms with van der Waals surface area (Å²) in [5, 5.41) is 0.